The Kier molecular flexibility index (Phi) is 8.49. The van der Waals surface area contributed by atoms with Crippen molar-refractivity contribution in [2.45, 2.75) is 89.9 Å². The number of rotatable bonds is 11. The van der Waals surface area contributed by atoms with Gasteiger partial charge in [-0.05, 0) is 99.6 Å². The summed E-state index contributed by atoms with van der Waals surface area (Å²) in [7, 11) is 0. The average Bonchev–Trinajstić information content (AvgIpc) is 2.97. The first kappa shape index (κ1) is 26.4. The zero-order valence-corrected chi connectivity index (χ0v) is 23.9. The van der Waals surface area contributed by atoms with Crippen LogP contribution in [-0.2, 0) is 25.7 Å². The second-order valence-corrected chi connectivity index (χ2v) is 11.8. The number of nitrogens with one attached hydrogen (secondary N) is 2. The number of para-hydroxylation sites is 1. The summed E-state index contributed by atoms with van der Waals surface area (Å²) < 4.78 is 0. The summed E-state index contributed by atoms with van der Waals surface area (Å²) in [5.41, 5.74) is 10.3. The van der Waals surface area contributed by atoms with Crippen molar-refractivity contribution in [1.82, 2.24) is 9.97 Å². The van der Waals surface area contributed by atoms with Crippen molar-refractivity contribution in [3.05, 3.63) is 70.0 Å². The van der Waals surface area contributed by atoms with Gasteiger partial charge in [0.2, 0.25) is 0 Å². The maximum atomic E-state index is 6.28. The van der Waals surface area contributed by atoms with Gasteiger partial charge in [0, 0.05) is 51.6 Å². The summed E-state index contributed by atoms with van der Waals surface area (Å²) in [5, 5.41) is 10.9. The third kappa shape index (κ3) is 6.01. The van der Waals surface area contributed by atoms with E-state index in [1.54, 1.807) is 0 Å². The molecule has 6 rings (SSSR count). The fraction of sp³-hybridized carbons (Fsp3) is 0.471. The van der Waals surface area contributed by atoms with Gasteiger partial charge in [-0.1, -0.05) is 55.5 Å². The topological polar surface area (TPSA) is 49.8 Å². The molecule has 2 N–H and O–H groups in total. The summed E-state index contributed by atoms with van der Waals surface area (Å²) in [4.78, 5) is 9.93. The summed E-state index contributed by atoms with van der Waals surface area (Å²) in [6, 6.07) is 14.8. The lowest BCUT2D eigenvalue weighted by atomic mass is 9.92. The lowest BCUT2D eigenvalue weighted by Gasteiger charge is -2.22. The molecule has 0 amide bonds. The predicted octanol–water partition coefficient (Wildman–Crippen LogP) is 9.06. The molecule has 0 saturated carbocycles. The second-order valence-electron chi connectivity index (χ2n) is 11.4. The largest absolute Gasteiger partial charge is 0.384 e. The molecule has 0 spiro atoms. The van der Waals surface area contributed by atoms with E-state index in [1.807, 2.05) is 12.1 Å². The van der Waals surface area contributed by atoms with Crippen molar-refractivity contribution in [2.75, 3.05) is 23.7 Å². The Morgan fingerprint density at radius 3 is 1.79 bits per heavy atom. The molecule has 0 aliphatic heterocycles. The molecule has 2 aromatic carbocycles. The van der Waals surface area contributed by atoms with Crippen LogP contribution in [0.2, 0.25) is 5.02 Å². The van der Waals surface area contributed by atoms with Gasteiger partial charge < -0.3 is 10.6 Å². The van der Waals surface area contributed by atoms with Crippen LogP contribution >= 0.6 is 11.6 Å². The number of aryl methyl sites for hydroxylation is 2. The first-order chi connectivity index (χ1) is 19.3. The van der Waals surface area contributed by atoms with Crippen LogP contribution in [0.3, 0.4) is 0 Å². The van der Waals surface area contributed by atoms with Gasteiger partial charge in [0.25, 0.3) is 0 Å². The highest BCUT2D eigenvalue weighted by atomic mass is 35.5. The normalized spacial score (nSPS) is 14.8. The third-order valence-corrected chi connectivity index (χ3v) is 8.84. The van der Waals surface area contributed by atoms with Crippen LogP contribution in [-0.4, -0.2) is 23.1 Å². The first-order valence-electron chi connectivity index (χ1n) is 15.3. The van der Waals surface area contributed by atoms with Crippen LogP contribution in [0.4, 0.5) is 11.4 Å². The Morgan fingerprint density at radius 1 is 0.590 bits per heavy atom. The number of anilines is 2. The molecule has 0 bridgehead atoms. The number of halogens is 1. The zero-order valence-electron chi connectivity index (χ0n) is 23.1. The molecule has 39 heavy (non-hydrogen) atoms. The number of hydrogen-bond acceptors (Lipinski definition) is 4. The number of unbranched alkanes of at least 4 members (excludes halogenated alkanes) is 5. The maximum absolute atomic E-state index is 6.28. The molecule has 4 aromatic rings. The lowest BCUT2D eigenvalue weighted by Crippen LogP contribution is -2.12. The van der Waals surface area contributed by atoms with E-state index in [0.717, 1.165) is 54.8 Å². The van der Waals surface area contributed by atoms with E-state index in [0.29, 0.717) is 0 Å². The van der Waals surface area contributed by atoms with Crippen molar-refractivity contribution in [3.63, 3.8) is 0 Å². The lowest BCUT2D eigenvalue weighted by molar-refractivity contribution is 0.609. The minimum atomic E-state index is 0.764. The van der Waals surface area contributed by atoms with E-state index in [-0.39, 0.29) is 0 Å². The molecule has 5 heteroatoms. The van der Waals surface area contributed by atoms with Crippen molar-refractivity contribution >= 4 is 44.8 Å². The molecule has 204 valence electrons. The molecular weight excluding hydrogens is 500 g/mol. The van der Waals surface area contributed by atoms with E-state index in [9.17, 15) is 0 Å². The number of pyridine rings is 2. The zero-order chi connectivity index (χ0) is 26.4. The van der Waals surface area contributed by atoms with Gasteiger partial charge in [0.15, 0.2) is 0 Å². The highest BCUT2D eigenvalue weighted by molar-refractivity contribution is 6.31. The summed E-state index contributed by atoms with van der Waals surface area (Å²) in [6.07, 6.45) is 17.2. The SMILES string of the molecule is Clc1ccc2c(NCCCCCCCCNc3c4c(nc5ccccc35)CCCC4)c3c(nc2c1)CCCC3. The smallest absolute Gasteiger partial charge is 0.0741 e. The number of nitrogens with zero attached hydrogens (tertiary/aromatic N) is 2. The average molecular weight is 541 g/mol. The molecule has 0 radical (unpaired) electrons. The maximum Gasteiger partial charge on any atom is 0.0741 e. The third-order valence-electron chi connectivity index (χ3n) is 8.60. The molecule has 0 fully saturated rings. The summed E-state index contributed by atoms with van der Waals surface area (Å²) in [6.45, 7) is 2.07. The van der Waals surface area contributed by atoms with Crippen molar-refractivity contribution < 1.29 is 0 Å². The number of hydrogen-bond donors (Lipinski definition) is 2. The Morgan fingerprint density at radius 2 is 1.13 bits per heavy atom. The standard InChI is InChI=1S/C34H41ClN4/c35-24-19-20-28-32(23-24)39-31-18-10-7-15-27(31)34(28)37-22-12-4-2-1-3-11-21-36-33-25-13-5-8-16-29(25)38-30-17-9-6-14-26(30)33/h5,8,13,16,19-20,23H,1-4,6-7,9-12,14-15,17-18,21-22H2,(H,36,38)(H,37,39). The Balaban J connectivity index is 0.950. The minimum Gasteiger partial charge on any atom is -0.384 e. The van der Waals surface area contributed by atoms with Crippen LogP contribution in [0.1, 0.15) is 86.7 Å². The fourth-order valence-electron chi connectivity index (χ4n) is 6.56. The summed E-state index contributed by atoms with van der Waals surface area (Å²) >= 11 is 6.28. The van der Waals surface area contributed by atoms with Gasteiger partial charge in [-0.2, -0.15) is 0 Å². The molecular formula is C34H41ClN4. The molecule has 0 unspecified atom stereocenters. The minimum absolute atomic E-state index is 0.764. The van der Waals surface area contributed by atoms with E-state index >= 15 is 0 Å². The van der Waals surface area contributed by atoms with Crippen molar-refractivity contribution in [2.24, 2.45) is 0 Å². The summed E-state index contributed by atoms with van der Waals surface area (Å²) in [5.74, 6) is 0. The molecule has 0 atom stereocenters. The fourth-order valence-corrected chi connectivity index (χ4v) is 6.73. The Hall–Kier alpha value is -2.85. The van der Waals surface area contributed by atoms with Crippen LogP contribution in [0.15, 0.2) is 42.5 Å². The van der Waals surface area contributed by atoms with Crippen LogP contribution in [0.5, 0.6) is 0 Å². The monoisotopic (exact) mass is 540 g/mol. The number of aromatic nitrogens is 2. The molecule has 2 aliphatic carbocycles. The van der Waals surface area contributed by atoms with Gasteiger partial charge in [-0.3, -0.25) is 9.97 Å². The van der Waals surface area contributed by atoms with Gasteiger partial charge in [0.05, 0.1) is 11.0 Å². The highest BCUT2D eigenvalue weighted by Crippen LogP contribution is 2.35. The molecule has 2 heterocycles. The van der Waals surface area contributed by atoms with E-state index < -0.39 is 0 Å². The van der Waals surface area contributed by atoms with Gasteiger partial charge >= 0.3 is 0 Å². The second kappa shape index (κ2) is 12.6. The van der Waals surface area contributed by atoms with E-state index in [2.05, 4.69) is 41.0 Å². The van der Waals surface area contributed by atoms with Crippen molar-refractivity contribution in [3.8, 4) is 0 Å². The first-order valence-corrected chi connectivity index (χ1v) is 15.6. The molecule has 2 aliphatic rings. The van der Waals surface area contributed by atoms with Crippen molar-refractivity contribution in [1.29, 1.82) is 0 Å². The van der Waals surface area contributed by atoms with E-state index in [1.165, 1.54) is 109 Å². The highest BCUT2D eigenvalue weighted by Gasteiger charge is 2.19. The quantitative estimate of drug-likeness (QED) is 0.186. The predicted molar refractivity (Wildman–Crippen MR) is 166 cm³/mol. The van der Waals surface area contributed by atoms with Crippen LogP contribution in [0, 0.1) is 0 Å². The number of fused-ring (bicyclic) bond motifs is 4. The van der Waals surface area contributed by atoms with Gasteiger partial charge in [0.1, 0.15) is 0 Å². The molecule has 4 nitrogen and oxygen atoms in total. The van der Waals surface area contributed by atoms with E-state index in [4.69, 9.17) is 21.6 Å². The number of benzene rings is 2. The Labute approximate surface area is 238 Å². The van der Waals surface area contributed by atoms with Gasteiger partial charge in [-0.25, -0.2) is 0 Å². The Bertz CT molecular complexity index is 1450. The molecule has 0 saturated heterocycles. The van der Waals surface area contributed by atoms with Crippen LogP contribution < -0.4 is 10.6 Å². The van der Waals surface area contributed by atoms with Gasteiger partial charge in [-0.15, -0.1) is 0 Å². The molecule has 2 aromatic heterocycles. The van der Waals surface area contributed by atoms with Crippen LogP contribution in [0.25, 0.3) is 21.8 Å².